The number of amides is 1. The minimum Gasteiger partial charge on any atom is -0.481 e. The van der Waals surface area contributed by atoms with E-state index in [1.54, 1.807) is 0 Å². The lowest BCUT2D eigenvalue weighted by atomic mass is 10.1. The second kappa shape index (κ2) is 8.58. The first-order valence-corrected chi connectivity index (χ1v) is 7.64. The second-order valence-electron chi connectivity index (χ2n) is 5.44. The zero-order valence-corrected chi connectivity index (χ0v) is 13.0. The van der Waals surface area contributed by atoms with Crippen molar-refractivity contribution in [3.63, 3.8) is 0 Å². The van der Waals surface area contributed by atoms with Crippen molar-refractivity contribution in [1.82, 2.24) is 4.90 Å². The number of hydrogen-bond donors (Lipinski definition) is 1. The number of carboxylic acids is 1. The first-order valence-electron chi connectivity index (χ1n) is 7.64. The number of carboxylic acid groups (broad SMARTS) is 1. The van der Waals surface area contributed by atoms with Crippen LogP contribution in [0.1, 0.15) is 19.3 Å². The largest absolute Gasteiger partial charge is 0.481 e. The van der Waals surface area contributed by atoms with Gasteiger partial charge in [-0.15, -0.1) is 0 Å². The van der Waals surface area contributed by atoms with Gasteiger partial charge in [0, 0.05) is 31.9 Å². The summed E-state index contributed by atoms with van der Waals surface area (Å²) in [5, 5.41) is 8.83. The zero-order chi connectivity index (χ0) is 17.5. The fourth-order valence-corrected chi connectivity index (χ4v) is 2.54. The molecule has 24 heavy (non-hydrogen) atoms. The quantitative estimate of drug-likeness (QED) is 0.817. The van der Waals surface area contributed by atoms with Gasteiger partial charge in [-0.1, -0.05) is 0 Å². The van der Waals surface area contributed by atoms with Crippen molar-refractivity contribution in [3.05, 3.63) is 29.8 Å². The number of ether oxygens (including phenoxy) is 2. The molecule has 0 aliphatic carbocycles. The van der Waals surface area contributed by atoms with Crippen LogP contribution < -0.4 is 4.74 Å². The van der Waals surface area contributed by atoms with E-state index in [4.69, 9.17) is 14.6 Å². The monoisotopic (exact) mass is 343 g/mol. The van der Waals surface area contributed by atoms with Gasteiger partial charge >= 0.3 is 5.97 Å². The van der Waals surface area contributed by atoms with Crippen LogP contribution in [0, 0.1) is 11.6 Å². The van der Waals surface area contributed by atoms with Gasteiger partial charge in [0.15, 0.2) is 18.2 Å². The lowest BCUT2D eigenvalue weighted by molar-refractivity contribution is -0.141. The predicted molar refractivity (Wildman–Crippen MR) is 79.7 cm³/mol. The third-order valence-electron chi connectivity index (χ3n) is 3.76. The van der Waals surface area contributed by atoms with Crippen molar-refractivity contribution in [2.45, 2.75) is 25.3 Å². The van der Waals surface area contributed by atoms with Crippen LogP contribution in [0.5, 0.6) is 5.75 Å². The Morgan fingerprint density at radius 1 is 1.29 bits per heavy atom. The molecule has 1 aliphatic rings. The van der Waals surface area contributed by atoms with Gasteiger partial charge < -0.3 is 19.5 Å². The van der Waals surface area contributed by atoms with Crippen LogP contribution in [-0.2, 0) is 14.3 Å². The van der Waals surface area contributed by atoms with Crippen LogP contribution in [0.25, 0.3) is 0 Å². The van der Waals surface area contributed by atoms with Gasteiger partial charge in [-0.3, -0.25) is 9.59 Å². The number of carbonyl (C=O) groups is 2. The Hall–Kier alpha value is -2.22. The Balaban J connectivity index is 1.98. The van der Waals surface area contributed by atoms with E-state index >= 15 is 0 Å². The van der Waals surface area contributed by atoms with E-state index in [1.165, 1.54) is 4.90 Å². The summed E-state index contributed by atoms with van der Waals surface area (Å²) in [5.41, 5.74) is 0. The molecular weight excluding hydrogens is 324 g/mol. The summed E-state index contributed by atoms with van der Waals surface area (Å²) in [5.74, 6) is -3.31. The Kier molecular flexibility index (Phi) is 6.48. The second-order valence-corrected chi connectivity index (χ2v) is 5.44. The molecule has 0 atom stereocenters. The molecule has 1 saturated heterocycles. The summed E-state index contributed by atoms with van der Waals surface area (Å²) < 4.78 is 36.7. The predicted octanol–water partition coefficient (Wildman–Crippen LogP) is 1.83. The van der Waals surface area contributed by atoms with Gasteiger partial charge in [0.05, 0.1) is 6.42 Å². The standard InChI is InChI=1S/C16H19F2NO5/c17-11-1-2-14(13(18)9-11)24-10-15(20)19(6-3-16(21)22)12-4-7-23-8-5-12/h1-2,9,12H,3-8,10H2,(H,21,22). The van der Waals surface area contributed by atoms with Crippen molar-refractivity contribution >= 4 is 11.9 Å². The topological polar surface area (TPSA) is 76.1 Å². The lowest BCUT2D eigenvalue weighted by Crippen LogP contribution is -2.46. The molecule has 0 bridgehead atoms. The van der Waals surface area contributed by atoms with Crippen LogP contribution >= 0.6 is 0 Å². The van der Waals surface area contributed by atoms with E-state index in [2.05, 4.69) is 0 Å². The summed E-state index contributed by atoms with van der Waals surface area (Å²) in [6.07, 6.45) is 1.03. The number of carbonyl (C=O) groups excluding carboxylic acids is 1. The van der Waals surface area contributed by atoms with Crippen LogP contribution in [0.15, 0.2) is 18.2 Å². The maximum Gasteiger partial charge on any atom is 0.305 e. The maximum absolute atomic E-state index is 13.5. The Morgan fingerprint density at radius 2 is 2.00 bits per heavy atom. The molecule has 0 radical (unpaired) electrons. The van der Waals surface area contributed by atoms with Gasteiger partial charge in [-0.05, 0) is 25.0 Å². The average Bonchev–Trinajstić information content (AvgIpc) is 2.55. The highest BCUT2D eigenvalue weighted by atomic mass is 19.1. The summed E-state index contributed by atoms with van der Waals surface area (Å²) >= 11 is 0. The van der Waals surface area contributed by atoms with Gasteiger partial charge in [0.25, 0.3) is 5.91 Å². The molecule has 0 aromatic heterocycles. The Bertz CT molecular complexity index is 590. The molecule has 6 nitrogen and oxygen atoms in total. The van der Waals surface area contributed by atoms with E-state index in [0.29, 0.717) is 32.1 Å². The van der Waals surface area contributed by atoms with Crippen molar-refractivity contribution in [3.8, 4) is 5.75 Å². The highest BCUT2D eigenvalue weighted by molar-refractivity contribution is 5.79. The average molecular weight is 343 g/mol. The molecule has 1 fully saturated rings. The number of rotatable bonds is 7. The lowest BCUT2D eigenvalue weighted by Gasteiger charge is -2.34. The molecular formula is C16H19F2NO5. The SMILES string of the molecule is O=C(O)CCN(C(=O)COc1ccc(F)cc1F)C1CCOCC1. The fraction of sp³-hybridized carbons (Fsp3) is 0.500. The van der Waals surface area contributed by atoms with Crippen molar-refractivity contribution in [2.24, 2.45) is 0 Å². The summed E-state index contributed by atoms with van der Waals surface area (Å²) in [4.78, 5) is 24.6. The molecule has 0 saturated carbocycles. The van der Waals surface area contributed by atoms with Gasteiger partial charge in [-0.2, -0.15) is 0 Å². The van der Waals surface area contributed by atoms with E-state index in [0.717, 1.165) is 12.1 Å². The minimum absolute atomic E-state index is 0.0497. The van der Waals surface area contributed by atoms with Crippen molar-refractivity contribution < 1.29 is 33.0 Å². The molecule has 1 heterocycles. The highest BCUT2D eigenvalue weighted by Gasteiger charge is 2.26. The highest BCUT2D eigenvalue weighted by Crippen LogP contribution is 2.19. The molecule has 1 aromatic rings. The van der Waals surface area contributed by atoms with Crippen LogP contribution in [-0.4, -0.2) is 54.3 Å². The fourth-order valence-electron chi connectivity index (χ4n) is 2.54. The molecule has 1 amide bonds. The first-order chi connectivity index (χ1) is 11.5. The third-order valence-corrected chi connectivity index (χ3v) is 3.76. The molecule has 0 spiro atoms. The number of hydrogen-bond acceptors (Lipinski definition) is 4. The molecule has 8 heteroatoms. The van der Waals surface area contributed by atoms with Crippen LogP contribution in [0.3, 0.4) is 0 Å². The number of halogens is 2. The molecule has 1 aliphatic heterocycles. The number of benzene rings is 1. The number of nitrogens with zero attached hydrogens (tertiary/aromatic N) is 1. The van der Waals surface area contributed by atoms with E-state index < -0.39 is 30.1 Å². The smallest absolute Gasteiger partial charge is 0.305 e. The van der Waals surface area contributed by atoms with Crippen molar-refractivity contribution in [2.75, 3.05) is 26.4 Å². The zero-order valence-electron chi connectivity index (χ0n) is 13.0. The van der Waals surface area contributed by atoms with Gasteiger partial charge in [0.1, 0.15) is 5.82 Å². The molecule has 1 N–H and O–H groups in total. The molecule has 132 valence electrons. The first kappa shape index (κ1) is 18.1. The normalized spacial score (nSPS) is 15.1. The third kappa shape index (κ3) is 5.16. The Labute approximate surface area is 138 Å². The van der Waals surface area contributed by atoms with Crippen LogP contribution in [0.4, 0.5) is 8.78 Å². The van der Waals surface area contributed by atoms with E-state index in [1.807, 2.05) is 0 Å². The van der Waals surface area contributed by atoms with Crippen LogP contribution in [0.2, 0.25) is 0 Å². The summed E-state index contributed by atoms with van der Waals surface area (Å²) in [6, 6.07) is 2.67. The summed E-state index contributed by atoms with van der Waals surface area (Å²) in [6.45, 7) is 0.595. The Morgan fingerprint density at radius 3 is 2.62 bits per heavy atom. The van der Waals surface area contributed by atoms with Gasteiger partial charge in [-0.25, -0.2) is 8.78 Å². The maximum atomic E-state index is 13.5. The number of aliphatic carboxylic acids is 1. The van der Waals surface area contributed by atoms with E-state index in [-0.39, 0.29) is 24.8 Å². The van der Waals surface area contributed by atoms with Gasteiger partial charge in [0.2, 0.25) is 0 Å². The van der Waals surface area contributed by atoms with Crippen molar-refractivity contribution in [1.29, 1.82) is 0 Å². The molecule has 2 rings (SSSR count). The van der Waals surface area contributed by atoms with E-state index in [9.17, 15) is 18.4 Å². The summed E-state index contributed by atoms with van der Waals surface area (Å²) in [7, 11) is 0. The molecule has 1 aromatic carbocycles. The minimum atomic E-state index is -1.01. The molecule has 0 unspecified atom stereocenters.